The Balaban J connectivity index is 2.28. The molecule has 2 atom stereocenters. The Bertz CT molecular complexity index is 282. The van der Waals surface area contributed by atoms with Crippen LogP contribution >= 0.6 is 0 Å². The van der Waals surface area contributed by atoms with E-state index in [2.05, 4.69) is 44.4 Å². The summed E-state index contributed by atoms with van der Waals surface area (Å²) in [5.41, 5.74) is 1.41. The average Bonchev–Trinajstić information content (AvgIpc) is 2.15. The molecule has 0 amide bonds. The first-order chi connectivity index (χ1) is 7.00. The van der Waals surface area contributed by atoms with E-state index in [9.17, 15) is 0 Å². The highest BCUT2D eigenvalue weighted by Crippen LogP contribution is 2.38. The van der Waals surface area contributed by atoms with Crippen molar-refractivity contribution in [3.8, 4) is 0 Å². The lowest BCUT2D eigenvalue weighted by atomic mass is 9.79. The zero-order valence-electron chi connectivity index (χ0n) is 10.3. The van der Waals surface area contributed by atoms with Crippen molar-refractivity contribution in [1.29, 1.82) is 0 Å². The van der Waals surface area contributed by atoms with E-state index in [1.54, 1.807) is 0 Å². The zero-order chi connectivity index (χ0) is 11.1. The molecule has 0 N–H and O–H groups in total. The topological polar surface area (TPSA) is 3.24 Å². The number of nitrogens with zero attached hydrogens (tertiary/aromatic N) is 1. The minimum Gasteiger partial charge on any atom is -0.364 e. The summed E-state index contributed by atoms with van der Waals surface area (Å²) in [6.07, 6.45) is 10.1. The second-order valence-corrected chi connectivity index (χ2v) is 5.91. The molecule has 1 aliphatic heterocycles. The molecule has 84 valence electrons. The number of allylic oxidation sites excluding steroid dienone is 1. The van der Waals surface area contributed by atoms with E-state index in [4.69, 9.17) is 0 Å². The molecule has 15 heavy (non-hydrogen) atoms. The van der Waals surface area contributed by atoms with Crippen molar-refractivity contribution in [2.45, 2.75) is 58.0 Å². The van der Waals surface area contributed by atoms with Gasteiger partial charge in [0.25, 0.3) is 0 Å². The lowest BCUT2D eigenvalue weighted by Crippen LogP contribution is -2.52. The van der Waals surface area contributed by atoms with Crippen LogP contribution in [0.3, 0.4) is 0 Å². The molecule has 0 aromatic rings. The second kappa shape index (κ2) is 3.70. The van der Waals surface area contributed by atoms with E-state index >= 15 is 0 Å². The highest BCUT2D eigenvalue weighted by Gasteiger charge is 2.36. The molecule has 1 saturated carbocycles. The van der Waals surface area contributed by atoms with Crippen molar-refractivity contribution in [3.05, 3.63) is 24.4 Å². The van der Waals surface area contributed by atoms with Crippen LogP contribution in [0.1, 0.15) is 46.5 Å². The SMILES string of the molecule is C=C1C=CC2CCCCC2N1C(C)(C)C. The first kappa shape index (κ1) is 10.8. The molecule has 2 aliphatic rings. The van der Waals surface area contributed by atoms with Crippen molar-refractivity contribution in [2.24, 2.45) is 5.92 Å². The Morgan fingerprint density at radius 2 is 1.93 bits per heavy atom. The molecular weight excluding hydrogens is 182 g/mol. The first-order valence-corrected chi connectivity index (χ1v) is 6.16. The summed E-state index contributed by atoms with van der Waals surface area (Å²) in [6, 6.07) is 0.705. The summed E-state index contributed by atoms with van der Waals surface area (Å²) in [6.45, 7) is 11.1. The lowest BCUT2D eigenvalue weighted by Gasteiger charge is -2.50. The quantitative estimate of drug-likeness (QED) is 0.582. The van der Waals surface area contributed by atoms with Crippen LogP contribution in [0, 0.1) is 5.92 Å². The fourth-order valence-electron chi connectivity index (χ4n) is 3.14. The summed E-state index contributed by atoms with van der Waals surface area (Å²) >= 11 is 0. The third-order valence-electron chi connectivity index (χ3n) is 3.68. The Morgan fingerprint density at radius 1 is 1.27 bits per heavy atom. The third-order valence-corrected chi connectivity index (χ3v) is 3.68. The van der Waals surface area contributed by atoms with Crippen molar-refractivity contribution in [1.82, 2.24) is 4.90 Å². The molecular formula is C14H23N. The zero-order valence-corrected chi connectivity index (χ0v) is 10.3. The lowest BCUT2D eigenvalue weighted by molar-refractivity contribution is 0.0740. The van der Waals surface area contributed by atoms with Crippen molar-refractivity contribution < 1.29 is 0 Å². The molecule has 0 saturated heterocycles. The van der Waals surface area contributed by atoms with Gasteiger partial charge in [0.05, 0.1) is 0 Å². The maximum atomic E-state index is 4.19. The van der Waals surface area contributed by atoms with Gasteiger partial charge >= 0.3 is 0 Å². The molecule has 0 radical (unpaired) electrons. The molecule has 2 unspecified atom stereocenters. The first-order valence-electron chi connectivity index (χ1n) is 6.16. The van der Waals surface area contributed by atoms with Crippen LogP contribution in [0.2, 0.25) is 0 Å². The summed E-state index contributed by atoms with van der Waals surface area (Å²) in [5.74, 6) is 0.767. The molecule has 2 rings (SSSR count). The van der Waals surface area contributed by atoms with E-state index in [1.165, 1.54) is 31.4 Å². The van der Waals surface area contributed by atoms with Gasteiger partial charge in [-0.25, -0.2) is 0 Å². The number of fused-ring (bicyclic) bond motifs is 1. The van der Waals surface area contributed by atoms with Gasteiger partial charge < -0.3 is 4.90 Å². The van der Waals surface area contributed by atoms with Gasteiger partial charge in [-0.1, -0.05) is 25.5 Å². The molecule has 1 heteroatoms. The van der Waals surface area contributed by atoms with Gasteiger partial charge in [0, 0.05) is 17.3 Å². The smallest absolute Gasteiger partial charge is 0.0357 e. The Morgan fingerprint density at radius 3 is 2.60 bits per heavy atom. The largest absolute Gasteiger partial charge is 0.364 e. The molecule has 0 aromatic heterocycles. The van der Waals surface area contributed by atoms with Gasteiger partial charge in [-0.3, -0.25) is 0 Å². The Hall–Kier alpha value is -0.720. The monoisotopic (exact) mass is 205 g/mol. The maximum absolute atomic E-state index is 4.19. The Kier molecular flexibility index (Phi) is 2.66. The Labute approximate surface area is 93.9 Å². The van der Waals surface area contributed by atoms with Crippen LogP contribution in [0.25, 0.3) is 0 Å². The molecule has 0 aromatic carbocycles. The van der Waals surface area contributed by atoms with E-state index in [-0.39, 0.29) is 5.54 Å². The highest BCUT2D eigenvalue weighted by molar-refractivity contribution is 5.23. The minimum atomic E-state index is 0.210. The van der Waals surface area contributed by atoms with Crippen molar-refractivity contribution in [3.63, 3.8) is 0 Å². The van der Waals surface area contributed by atoms with Gasteiger partial charge in [-0.2, -0.15) is 0 Å². The second-order valence-electron chi connectivity index (χ2n) is 5.91. The van der Waals surface area contributed by atoms with Crippen molar-refractivity contribution >= 4 is 0 Å². The highest BCUT2D eigenvalue weighted by atomic mass is 15.2. The van der Waals surface area contributed by atoms with Crippen molar-refractivity contribution in [2.75, 3.05) is 0 Å². The van der Waals surface area contributed by atoms with Gasteiger partial charge in [-0.15, -0.1) is 0 Å². The van der Waals surface area contributed by atoms with Gasteiger partial charge in [0.2, 0.25) is 0 Å². The molecule has 1 heterocycles. The number of hydrogen-bond donors (Lipinski definition) is 0. The molecule has 1 aliphatic carbocycles. The van der Waals surface area contributed by atoms with Crippen LogP contribution in [-0.2, 0) is 0 Å². The van der Waals surface area contributed by atoms with E-state index in [0.29, 0.717) is 6.04 Å². The predicted molar refractivity (Wildman–Crippen MR) is 65.6 cm³/mol. The van der Waals surface area contributed by atoms with Crippen LogP contribution < -0.4 is 0 Å². The van der Waals surface area contributed by atoms with E-state index in [1.807, 2.05) is 0 Å². The predicted octanol–water partition coefficient (Wildman–Crippen LogP) is 3.73. The third kappa shape index (κ3) is 1.97. The van der Waals surface area contributed by atoms with E-state index in [0.717, 1.165) is 5.92 Å². The van der Waals surface area contributed by atoms with Gasteiger partial charge in [0.15, 0.2) is 0 Å². The summed E-state index contributed by atoms with van der Waals surface area (Å²) in [4.78, 5) is 2.54. The summed E-state index contributed by atoms with van der Waals surface area (Å²) < 4.78 is 0. The van der Waals surface area contributed by atoms with Crippen LogP contribution in [0.15, 0.2) is 24.4 Å². The normalized spacial score (nSPS) is 31.7. The summed E-state index contributed by atoms with van der Waals surface area (Å²) in [5, 5.41) is 0. The average molecular weight is 205 g/mol. The van der Waals surface area contributed by atoms with Gasteiger partial charge in [0.1, 0.15) is 0 Å². The van der Waals surface area contributed by atoms with Crippen LogP contribution in [-0.4, -0.2) is 16.5 Å². The van der Waals surface area contributed by atoms with E-state index < -0.39 is 0 Å². The maximum Gasteiger partial charge on any atom is 0.0357 e. The molecule has 1 fully saturated rings. The van der Waals surface area contributed by atoms with Crippen LogP contribution in [0.4, 0.5) is 0 Å². The number of hydrogen-bond acceptors (Lipinski definition) is 1. The minimum absolute atomic E-state index is 0.210. The molecule has 1 nitrogen and oxygen atoms in total. The molecule has 0 spiro atoms. The standard InChI is InChI=1S/C14H23N/c1-11-9-10-12-7-5-6-8-13(12)15(11)14(2,3)4/h9-10,12-13H,1,5-8H2,2-4H3. The fourth-order valence-corrected chi connectivity index (χ4v) is 3.14. The van der Waals surface area contributed by atoms with Gasteiger partial charge in [-0.05, 0) is 45.6 Å². The summed E-state index contributed by atoms with van der Waals surface area (Å²) in [7, 11) is 0. The molecule has 0 bridgehead atoms. The fraction of sp³-hybridized carbons (Fsp3) is 0.714. The number of rotatable bonds is 0. The van der Waals surface area contributed by atoms with Crippen LogP contribution in [0.5, 0.6) is 0 Å².